The van der Waals surface area contributed by atoms with Gasteiger partial charge < -0.3 is 10.1 Å². The molecule has 1 atom stereocenters. The lowest BCUT2D eigenvalue weighted by atomic mass is 10.1. The lowest BCUT2D eigenvalue weighted by molar-refractivity contribution is 0.135. The third-order valence-corrected chi connectivity index (χ3v) is 2.75. The summed E-state index contributed by atoms with van der Waals surface area (Å²) in [5.41, 5.74) is 0.970. The summed E-state index contributed by atoms with van der Waals surface area (Å²) in [4.78, 5) is 0. The molecule has 0 fully saturated rings. The summed E-state index contributed by atoms with van der Waals surface area (Å²) >= 11 is 6.02. The highest BCUT2D eigenvalue weighted by Gasteiger charge is 2.10. The molecule has 80 valence electrons. The predicted molar refractivity (Wildman–Crippen MR) is 63.2 cm³/mol. The van der Waals surface area contributed by atoms with Crippen molar-refractivity contribution >= 4 is 17.3 Å². The number of halogens is 1. The molecule has 2 rings (SSSR count). The zero-order valence-electron chi connectivity index (χ0n) is 8.45. The summed E-state index contributed by atoms with van der Waals surface area (Å²) in [5, 5.41) is 4.05. The molecule has 1 heterocycles. The van der Waals surface area contributed by atoms with Gasteiger partial charge in [-0.1, -0.05) is 23.7 Å². The van der Waals surface area contributed by atoms with E-state index in [1.165, 1.54) is 0 Å². The molecule has 0 saturated carbocycles. The Bertz CT molecular complexity index is 351. The molecular formula is C12H14ClNO. The van der Waals surface area contributed by atoms with Crippen LogP contribution in [0, 0.1) is 0 Å². The molecule has 1 aromatic rings. The van der Waals surface area contributed by atoms with E-state index in [1.54, 1.807) is 6.26 Å². The first-order valence-corrected chi connectivity index (χ1v) is 5.53. The number of hydrogen-bond donors (Lipinski definition) is 1. The van der Waals surface area contributed by atoms with Crippen molar-refractivity contribution in [3.05, 3.63) is 41.6 Å². The van der Waals surface area contributed by atoms with Crippen LogP contribution in [-0.4, -0.2) is 12.6 Å². The quantitative estimate of drug-likeness (QED) is 0.848. The van der Waals surface area contributed by atoms with Crippen molar-refractivity contribution in [2.24, 2.45) is 0 Å². The molecule has 0 bridgehead atoms. The van der Waals surface area contributed by atoms with Gasteiger partial charge in [0.2, 0.25) is 0 Å². The summed E-state index contributed by atoms with van der Waals surface area (Å²) < 4.78 is 5.45. The molecule has 0 saturated heterocycles. The van der Waals surface area contributed by atoms with Crippen LogP contribution in [-0.2, 0) is 4.74 Å². The molecule has 0 aliphatic carbocycles. The highest BCUT2D eigenvalue weighted by molar-refractivity contribution is 6.33. The standard InChI is InChI=1S/C12H14ClNO/c13-11-6-1-2-7-12(11)14-9-10-5-3-4-8-15-10/h1-2,4,6-8,10,14H,3,5,9H2. The number of anilines is 1. The third-order valence-electron chi connectivity index (χ3n) is 2.42. The van der Waals surface area contributed by atoms with Crippen molar-refractivity contribution in [2.75, 3.05) is 11.9 Å². The Morgan fingerprint density at radius 2 is 2.27 bits per heavy atom. The van der Waals surface area contributed by atoms with E-state index in [2.05, 4.69) is 5.32 Å². The summed E-state index contributed by atoms with van der Waals surface area (Å²) in [7, 11) is 0. The van der Waals surface area contributed by atoms with Crippen LogP contribution in [0.5, 0.6) is 0 Å². The van der Waals surface area contributed by atoms with E-state index in [0.29, 0.717) is 0 Å². The first-order chi connectivity index (χ1) is 7.36. The number of nitrogens with one attached hydrogen (secondary N) is 1. The van der Waals surface area contributed by atoms with Crippen molar-refractivity contribution in [1.82, 2.24) is 0 Å². The molecule has 0 amide bonds. The zero-order chi connectivity index (χ0) is 10.5. The van der Waals surface area contributed by atoms with Gasteiger partial charge in [-0.15, -0.1) is 0 Å². The predicted octanol–water partition coefficient (Wildman–Crippen LogP) is 3.44. The lowest BCUT2D eigenvalue weighted by Crippen LogP contribution is -2.23. The van der Waals surface area contributed by atoms with Crippen molar-refractivity contribution < 1.29 is 4.74 Å². The second-order valence-corrected chi connectivity index (χ2v) is 3.98. The highest BCUT2D eigenvalue weighted by Crippen LogP contribution is 2.21. The molecule has 1 aliphatic rings. The third kappa shape index (κ3) is 2.90. The van der Waals surface area contributed by atoms with Gasteiger partial charge in [0.15, 0.2) is 0 Å². The van der Waals surface area contributed by atoms with Crippen LogP contribution >= 0.6 is 11.6 Å². The Kier molecular flexibility index (Phi) is 3.51. The average Bonchev–Trinajstić information content (AvgIpc) is 2.29. The summed E-state index contributed by atoms with van der Waals surface area (Å²) in [6, 6.07) is 7.75. The number of benzene rings is 1. The number of ether oxygens (including phenoxy) is 1. The molecule has 1 N–H and O–H groups in total. The first-order valence-electron chi connectivity index (χ1n) is 5.15. The van der Waals surface area contributed by atoms with Gasteiger partial charge in [-0.3, -0.25) is 0 Å². The maximum Gasteiger partial charge on any atom is 0.115 e. The molecule has 0 spiro atoms. The topological polar surface area (TPSA) is 21.3 Å². The fraction of sp³-hybridized carbons (Fsp3) is 0.333. The summed E-state index contributed by atoms with van der Waals surface area (Å²) in [6.45, 7) is 0.800. The van der Waals surface area contributed by atoms with Gasteiger partial charge in [-0.25, -0.2) is 0 Å². The monoisotopic (exact) mass is 223 g/mol. The van der Waals surface area contributed by atoms with Crippen LogP contribution in [0.2, 0.25) is 5.02 Å². The van der Waals surface area contributed by atoms with Gasteiger partial charge in [0.1, 0.15) is 6.10 Å². The normalized spacial score (nSPS) is 19.7. The molecule has 1 aliphatic heterocycles. The zero-order valence-corrected chi connectivity index (χ0v) is 9.20. The van der Waals surface area contributed by atoms with E-state index in [-0.39, 0.29) is 6.10 Å². The fourth-order valence-corrected chi connectivity index (χ4v) is 1.77. The van der Waals surface area contributed by atoms with Gasteiger partial charge >= 0.3 is 0 Å². The second kappa shape index (κ2) is 5.08. The molecule has 1 aromatic carbocycles. The molecule has 0 aromatic heterocycles. The van der Waals surface area contributed by atoms with Crippen LogP contribution in [0.25, 0.3) is 0 Å². The largest absolute Gasteiger partial charge is 0.497 e. The average molecular weight is 224 g/mol. The van der Waals surface area contributed by atoms with Gasteiger partial charge in [0.05, 0.1) is 23.5 Å². The van der Waals surface area contributed by atoms with Crippen molar-refractivity contribution in [2.45, 2.75) is 18.9 Å². The highest BCUT2D eigenvalue weighted by atomic mass is 35.5. The van der Waals surface area contributed by atoms with Crippen molar-refractivity contribution in [3.63, 3.8) is 0 Å². The van der Waals surface area contributed by atoms with Crippen LogP contribution in [0.1, 0.15) is 12.8 Å². The Balaban J connectivity index is 1.87. The Hall–Kier alpha value is -1.15. The molecule has 2 nitrogen and oxygen atoms in total. The van der Waals surface area contributed by atoms with E-state index in [9.17, 15) is 0 Å². The minimum atomic E-state index is 0.256. The Morgan fingerprint density at radius 3 is 3.00 bits per heavy atom. The Labute approximate surface area is 94.9 Å². The lowest BCUT2D eigenvalue weighted by Gasteiger charge is -2.20. The SMILES string of the molecule is Clc1ccccc1NCC1CCC=CO1. The summed E-state index contributed by atoms with van der Waals surface area (Å²) in [5.74, 6) is 0. The Morgan fingerprint density at radius 1 is 1.40 bits per heavy atom. The van der Waals surface area contributed by atoms with Gasteiger partial charge in [0, 0.05) is 0 Å². The maximum atomic E-state index is 6.02. The van der Waals surface area contributed by atoms with E-state index in [1.807, 2.05) is 30.3 Å². The molecule has 3 heteroatoms. The first kappa shape index (κ1) is 10.4. The summed E-state index contributed by atoms with van der Waals surface area (Å²) in [6.07, 6.45) is 6.24. The van der Waals surface area contributed by atoms with Crippen LogP contribution in [0.4, 0.5) is 5.69 Å². The van der Waals surface area contributed by atoms with Crippen LogP contribution < -0.4 is 5.32 Å². The number of rotatable bonds is 3. The van der Waals surface area contributed by atoms with Gasteiger partial charge in [-0.2, -0.15) is 0 Å². The van der Waals surface area contributed by atoms with E-state index in [4.69, 9.17) is 16.3 Å². The molecule has 1 unspecified atom stereocenters. The maximum absolute atomic E-state index is 6.02. The van der Waals surface area contributed by atoms with Crippen molar-refractivity contribution in [1.29, 1.82) is 0 Å². The molecule has 0 radical (unpaired) electrons. The van der Waals surface area contributed by atoms with Gasteiger partial charge in [0.25, 0.3) is 0 Å². The fourth-order valence-electron chi connectivity index (χ4n) is 1.56. The van der Waals surface area contributed by atoms with E-state index < -0.39 is 0 Å². The second-order valence-electron chi connectivity index (χ2n) is 3.57. The molecular weight excluding hydrogens is 210 g/mol. The minimum absolute atomic E-state index is 0.256. The minimum Gasteiger partial charge on any atom is -0.497 e. The smallest absolute Gasteiger partial charge is 0.115 e. The number of para-hydroxylation sites is 1. The van der Waals surface area contributed by atoms with Gasteiger partial charge in [-0.05, 0) is 31.1 Å². The molecule has 15 heavy (non-hydrogen) atoms. The van der Waals surface area contributed by atoms with E-state index in [0.717, 1.165) is 30.1 Å². The number of allylic oxidation sites excluding steroid dienone is 1. The van der Waals surface area contributed by atoms with Crippen LogP contribution in [0.15, 0.2) is 36.6 Å². The number of hydrogen-bond acceptors (Lipinski definition) is 2. The van der Waals surface area contributed by atoms with E-state index >= 15 is 0 Å². The van der Waals surface area contributed by atoms with Crippen LogP contribution in [0.3, 0.4) is 0 Å². The van der Waals surface area contributed by atoms with Crippen molar-refractivity contribution in [3.8, 4) is 0 Å².